The fraction of sp³-hybridized carbons (Fsp3) is 0.286. The summed E-state index contributed by atoms with van der Waals surface area (Å²) in [5.41, 5.74) is 3.17. The lowest BCUT2D eigenvalue weighted by Gasteiger charge is -2.16. The topological polar surface area (TPSA) is 42.0 Å². The molecule has 0 aliphatic heterocycles. The summed E-state index contributed by atoms with van der Waals surface area (Å²) in [6.07, 6.45) is 2.05. The van der Waals surface area contributed by atoms with Gasteiger partial charge in [0.05, 0.1) is 5.51 Å². The molecular weight excluding hydrogens is 263 g/mol. The Morgan fingerprint density at radius 3 is 2.68 bits per heavy atom. The molecule has 0 bridgehead atoms. The summed E-state index contributed by atoms with van der Waals surface area (Å²) >= 11 is 1.40. The van der Waals surface area contributed by atoms with Gasteiger partial charge in [-0.3, -0.25) is 4.79 Å². The van der Waals surface area contributed by atoms with Crippen LogP contribution in [0.15, 0.2) is 35.2 Å². The van der Waals surface area contributed by atoms with E-state index in [0.717, 1.165) is 18.4 Å². The smallest absolute Gasteiger partial charge is 0.270 e. The van der Waals surface area contributed by atoms with Gasteiger partial charge < -0.3 is 5.32 Å². The molecule has 3 nitrogen and oxygen atoms in total. The molecule has 98 valence electrons. The molecule has 5 heteroatoms. The minimum atomic E-state index is -0.231. The van der Waals surface area contributed by atoms with Gasteiger partial charge in [-0.2, -0.15) is 0 Å². The van der Waals surface area contributed by atoms with Crippen LogP contribution >= 0.6 is 11.3 Å². The third kappa shape index (κ3) is 2.51. The van der Waals surface area contributed by atoms with Crippen LogP contribution in [0.5, 0.6) is 0 Å². The van der Waals surface area contributed by atoms with Crippen molar-refractivity contribution in [1.29, 1.82) is 0 Å². The van der Waals surface area contributed by atoms with Crippen molar-refractivity contribution in [1.82, 2.24) is 10.3 Å². The van der Waals surface area contributed by atoms with E-state index in [1.807, 2.05) is 0 Å². The number of halogens is 1. The van der Waals surface area contributed by atoms with E-state index < -0.39 is 0 Å². The number of benzene rings is 1. The Bertz CT molecular complexity index is 576. The molecule has 0 spiro atoms. The van der Waals surface area contributed by atoms with Crippen molar-refractivity contribution in [2.45, 2.75) is 18.3 Å². The fourth-order valence-electron chi connectivity index (χ4n) is 2.19. The molecule has 0 saturated heterocycles. The van der Waals surface area contributed by atoms with E-state index in [9.17, 15) is 9.18 Å². The molecule has 1 fully saturated rings. The van der Waals surface area contributed by atoms with E-state index in [2.05, 4.69) is 10.3 Å². The SMILES string of the molecule is O=C(NCC1(c2ccc(F)cc2)CC1)c1cscn1. The van der Waals surface area contributed by atoms with E-state index in [1.165, 1.54) is 23.5 Å². The molecule has 1 aliphatic carbocycles. The number of aromatic nitrogens is 1. The highest BCUT2D eigenvalue weighted by Crippen LogP contribution is 2.47. The average Bonchev–Trinajstić information content (AvgIpc) is 3.01. The first-order valence-corrected chi connectivity index (χ1v) is 7.06. The Kier molecular flexibility index (Phi) is 3.06. The minimum Gasteiger partial charge on any atom is -0.350 e. The van der Waals surface area contributed by atoms with Crippen LogP contribution in [0.2, 0.25) is 0 Å². The number of carbonyl (C=O) groups is 1. The largest absolute Gasteiger partial charge is 0.350 e. The van der Waals surface area contributed by atoms with E-state index in [-0.39, 0.29) is 17.1 Å². The zero-order chi connectivity index (χ0) is 13.3. The lowest BCUT2D eigenvalue weighted by molar-refractivity contribution is 0.0945. The highest BCUT2D eigenvalue weighted by atomic mass is 32.1. The summed E-state index contributed by atoms with van der Waals surface area (Å²) < 4.78 is 12.9. The van der Waals surface area contributed by atoms with Crippen LogP contribution in [0.25, 0.3) is 0 Å². The summed E-state index contributed by atoms with van der Waals surface area (Å²) in [6.45, 7) is 0.578. The van der Waals surface area contributed by atoms with Gasteiger partial charge in [0, 0.05) is 17.3 Å². The van der Waals surface area contributed by atoms with Gasteiger partial charge in [0.25, 0.3) is 5.91 Å². The van der Waals surface area contributed by atoms with E-state index in [0.29, 0.717) is 12.2 Å². The highest BCUT2D eigenvalue weighted by molar-refractivity contribution is 7.07. The molecule has 0 radical (unpaired) electrons. The first-order chi connectivity index (χ1) is 9.20. The molecule has 0 unspecified atom stereocenters. The van der Waals surface area contributed by atoms with Crippen molar-refractivity contribution in [3.63, 3.8) is 0 Å². The number of thiazole rings is 1. The lowest BCUT2D eigenvalue weighted by atomic mass is 9.96. The third-order valence-electron chi connectivity index (χ3n) is 3.56. The van der Waals surface area contributed by atoms with Gasteiger partial charge in [-0.1, -0.05) is 12.1 Å². The molecule has 19 heavy (non-hydrogen) atoms. The van der Waals surface area contributed by atoms with Crippen molar-refractivity contribution in [2.24, 2.45) is 0 Å². The van der Waals surface area contributed by atoms with Crippen LogP contribution < -0.4 is 5.32 Å². The van der Waals surface area contributed by atoms with Gasteiger partial charge in [-0.25, -0.2) is 9.37 Å². The molecule has 1 aromatic heterocycles. The fourth-order valence-corrected chi connectivity index (χ4v) is 2.72. The summed E-state index contributed by atoms with van der Waals surface area (Å²) in [4.78, 5) is 15.8. The predicted octanol–water partition coefficient (Wildman–Crippen LogP) is 2.74. The molecule has 1 aliphatic rings. The van der Waals surface area contributed by atoms with Gasteiger partial charge >= 0.3 is 0 Å². The van der Waals surface area contributed by atoms with E-state index >= 15 is 0 Å². The molecule has 1 amide bonds. The standard InChI is InChI=1S/C14H13FN2OS/c15-11-3-1-10(2-4-11)14(5-6-14)8-16-13(18)12-7-19-9-17-12/h1-4,7,9H,5-6,8H2,(H,16,18). The van der Waals surface area contributed by atoms with Crippen LogP contribution in [0.4, 0.5) is 4.39 Å². The molecular formula is C14H13FN2OS. The quantitative estimate of drug-likeness (QED) is 0.933. The molecule has 2 aromatic rings. The maximum Gasteiger partial charge on any atom is 0.270 e. The maximum atomic E-state index is 12.9. The second kappa shape index (κ2) is 4.74. The van der Waals surface area contributed by atoms with Gasteiger partial charge in [-0.15, -0.1) is 11.3 Å². The second-order valence-corrected chi connectivity index (χ2v) is 5.56. The van der Waals surface area contributed by atoms with E-state index in [4.69, 9.17) is 0 Å². The van der Waals surface area contributed by atoms with Crippen molar-refractivity contribution in [2.75, 3.05) is 6.54 Å². The number of rotatable bonds is 4. The molecule has 1 N–H and O–H groups in total. The number of amides is 1. The predicted molar refractivity (Wildman–Crippen MR) is 71.8 cm³/mol. The summed E-state index contributed by atoms with van der Waals surface area (Å²) in [5.74, 6) is -0.374. The summed E-state index contributed by atoms with van der Waals surface area (Å²) in [7, 11) is 0. The average molecular weight is 276 g/mol. The van der Waals surface area contributed by atoms with Gasteiger partial charge in [0.1, 0.15) is 11.5 Å². The Morgan fingerprint density at radius 1 is 1.37 bits per heavy atom. The molecule has 1 heterocycles. The van der Waals surface area contributed by atoms with Crippen molar-refractivity contribution >= 4 is 17.2 Å². The Hall–Kier alpha value is -1.75. The van der Waals surface area contributed by atoms with Crippen LogP contribution in [0.3, 0.4) is 0 Å². The Labute approximate surface area is 114 Å². The van der Waals surface area contributed by atoms with Crippen LogP contribution in [0, 0.1) is 5.82 Å². The first-order valence-electron chi connectivity index (χ1n) is 6.12. The van der Waals surface area contributed by atoms with Crippen molar-refractivity contribution in [3.05, 3.63) is 52.2 Å². The van der Waals surface area contributed by atoms with Gasteiger partial charge in [0.2, 0.25) is 0 Å². The Morgan fingerprint density at radius 2 is 2.11 bits per heavy atom. The lowest BCUT2D eigenvalue weighted by Crippen LogP contribution is -2.32. The van der Waals surface area contributed by atoms with Crippen LogP contribution in [-0.2, 0) is 5.41 Å². The van der Waals surface area contributed by atoms with Crippen molar-refractivity contribution in [3.8, 4) is 0 Å². The maximum absolute atomic E-state index is 12.9. The number of nitrogens with zero attached hydrogens (tertiary/aromatic N) is 1. The normalized spacial score (nSPS) is 16.1. The van der Waals surface area contributed by atoms with E-state index in [1.54, 1.807) is 23.0 Å². The first kappa shape index (κ1) is 12.3. The van der Waals surface area contributed by atoms with Gasteiger partial charge in [0.15, 0.2) is 0 Å². The molecule has 1 aromatic carbocycles. The summed E-state index contributed by atoms with van der Waals surface area (Å²) in [5, 5.41) is 4.64. The summed E-state index contributed by atoms with van der Waals surface area (Å²) in [6, 6.07) is 6.55. The number of carbonyl (C=O) groups excluding carboxylic acids is 1. The second-order valence-electron chi connectivity index (χ2n) is 4.84. The highest BCUT2D eigenvalue weighted by Gasteiger charge is 2.44. The molecule has 0 atom stereocenters. The monoisotopic (exact) mass is 276 g/mol. The van der Waals surface area contributed by atoms with Gasteiger partial charge in [-0.05, 0) is 30.5 Å². The number of nitrogens with one attached hydrogen (secondary N) is 1. The van der Waals surface area contributed by atoms with Crippen molar-refractivity contribution < 1.29 is 9.18 Å². The zero-order valence-corrected chi connectivity index (χ0v) is 11.0. The van der Waals surface area contributed by atoms with Crippen LogP contribution in [-0.4, -0.2) is 17.4 Å². The minimum absolute atomic E-state index is 0.0145. The Balaban J connectivity index is 1.66. The molecule has 1 saturated carbocycles. The molecule has 3 rings (SSSR count). The number of hydrogen-bond acceptors (Lipinski definition) is 3. The number of hydrogen-bond donors (Lipinski definition) is 1. The van der Waals surface area contributed by atoms with Crippen LogP contribution in [0.1, 0.15) is 28.9 Å². The third-order valence-corrected chi connectivity index (χ3v) is 4.15. The zero-order valence-electron chi connectivity index (χ0n) is 10.2.